The Hall–Kier alpha value is -2.38. The first-order valence-electron chi connectivity index (χ1n) is 8.36. The smallest absolute Gasteiger partial charge is 0.271 e. The summed E-state index contributed by atoms with van der Waals surface area (Å²) in [5.74, 6) is 0.817. The van der Waals surface area contributed by atoms with Gasteiger partial charge in [0.25, 0.3) is 10.0 Å². The Morgan fingerprint density at radius 2 is 1.96 bits per heavy atom. The highest BCUT2D eigenvalue weighted by atomic mass is 32.2. The van der Waals surface area contributed by atoms with E-state index in [1.54, 1.807) is 24.4 Å². The molecule has 0 saturated heterocycles. The lowest BCUT2D eigenvalue weighted by Gasteiger charge is -2.24. The number of rotatable bonds is 4. The maximum atomic E-state index is 12.4. The Balaban J connectivity index is 1.58. The van der Waals surface area contributed by atoms with Crippen molar-refractivity contribution in [1.29, 1.82) is 0 Å². The van der Waals surface area contributed by atoms with Gasteiger partial charge in [0, 0.05) is 16.6 Å². The lowest BCUT2D eigenvalue weighted by molar-refractivity contribution is 0.603. The van der Waals surface area contributed by atoms with Gasteiger partial charge in [0.2, 0.25) is 0 Å². The number of sulfonamides is 1. The summed E-state index contributed by atoms with van der Waals surface area (Å²) in [7, 11) is -3.57. The van der Waals surface area contributed by atoms with E-state index in [9.17, 15) is 8.42 Å². The summed E-state index contributed by atoms with van der Waals surface area (Å²) in [6, 6.07) is 15.6. The van der Waals surface area contributed by atoms with Crippen LogP contribution in [0, 0.1) is 6.92 Å². The van der Waals surface area contributed by atoms with Crippen LogP contribution in [0.3, 0.4) is 0 Å². The Bertz CT molecular complexity index is 1040. The molecule has 0 aliphatic carbocycles. The lowest BCUT2D eigenvalue weighted by Crippen LogP contribution is -2.24. The molecular formula is C19H19N3O2S2. The van der Waals surface area contributed by atoms with E-state index in [4.69, 9.17) is 0 Å². The molecule has 0 amide bonds. The van der Waals surface area contributed by atoms with Crippen molar-refractivity contribution in [2.75, 3.05) is 9.62 Å². The van der Waals surface area contributed by atoms with Crippen LogP contribution < -0.4 is 9.62 Å². The zero-order valence-electron chi connectivity index (χ0n) is 14.5. The highest BCUT2D eigenvalue weighted by molar-refractivity contribution is 7.94. The van der Waals surface area contributed by atoms with Crippen LogP contribution in [0.5, 0.6) is 0 Å². The molecule has 5 nitrogen and oxygen atoms in total. The summed E-state index contributed by atoms with van der Waals surface area (Å²) in [5.41, 5.74) is 2.93. The normalized spacial score (nSPS) is 16.5. The van der Waals surface area contributed by atoms with Crippen molar-refractivity contribution in [1.82, 2.24) is 4.98 Å². The number of thiophene rings is 1. The van der Waals surface area contributed by atoms with Crippen LogP contribution in [0.15, 0.2) is 58.9 Å². The average molecular weight is 386 g/mol. The van der Waals surface area contributed by atoms with E-state index in [0.717, 1.165) is 22.8 Å². The Morgan fingerprint density at radius 1 is 1.15 bits per heavy atom. The number of aromatic nitrogens is 1. The Morgan fingerprint density at radius 3 is 2.65 bits per heavy atom. The van der Waals surface area contributed by atoms with E-state index in [1.165, 1.54) is 16.9 Å². The van der Waals surface area contributed by atoms with Gasteiger partial charge >= 0.3 is 0 Å². The molecule has 0 radical (unpaired) electrons. The van der Waals surface area contributed by atoms with E-state index >= 15 is 0 Å². The SMILES string of the molecule is Cc1ccc(S(=O)(=O)Nc2ccc(N3c4ccccc4CC3C)nc2)s1. The maximum Gasteiger partial charge on any atom is 0.271 e. The van der Waals surface area contributed by atoms with Crippen LogP contribution in [0.4, 0.5) is 17.2 Å². The standard InChI is InChI=1S/C19H19N3O2S2/c1-13-11-15-5-3-4-6-17(15)22(13)18-9-8-16(12-20-18)21-26(23,24)19-10-7-14(2)25-19/h3-10,12-13,21H,11H2,1-2H3. The fraction of sp³-hybridized carbons (Fsp3) is 0.211. The third-order valence-corrected chi connectivity index (χ3v) is 7.31. The highest BCUT2D eigenvalue weighted by Gasteiger charge is 2.27. The monoisotopic (exact) mass is 385 g/mol. The number of aryl methyl sites for hydroxylation is 1. The van der Waals surface area contributed by atoms with Gasteiger partial charge in [-0.1, -0.05) is 18.2 Å². The van der Waals surface area contributed by atoms with Crippen molar-refractivity contribution in [2.24, 2.45) is 0 Å². The third-order valence-electron chi connectivity index (χ3n) is 4.43. The molecule has 1 aliphatic heterocycles. The van der Waals surface area contributed by atoms with Crippen LogP contribution in [0.25, 0.3) is 0 Å². The highest BCUT2D eigenvalue weighted by Crippen LogP contribution is 2.37. The molecule has 1 unspecified atom stereocenters. The fourth-order valence-electron chi connectivity index (χ4n) is 3.27. The number of nitrogens with zero attached hydrogens (tertiary/aromatic N) is 2. The number of benzene rings is 1. The molecule has 1 N–H and O–H groups in total. The minimum atomic E-state index is -3.57. The molecule has 7 heteroatoms. The first-order chi connectivity index (χ1) is 12.4. The molecule has 0 saturated carbocycles. The number of anilines is 3. The predicted molar refractivity (Wildman–Crippen MR) is 106 cm³/mol. The lowest BCUT2D eigenvalue weighted by atomic mass is 10.1. The van der Waals surface area contributed by atoms with Crippen LogP contribution in [0.2, 0.25) is 0 Å². The molecule has 0 fully saturated rings. The molecule has 3 heterocycles. The first kappa shape index (κ1) is 17.1. The molecule has 2 aromatic heterocycles. The van der Waals surface area contributed by atoms with Crippen molar-refractivity contribution >= 4 is 38.6 Å². The van der Waals surface area contributed by atoms with Crippen molar-refractivity contribution in [3.63, 3.8) is 0 Å². The number of para-hydroxylation sites is 1. The molecule has 4 rings (SSSR count). The predicted octanol–water partition coefficient (Wildman–Crippen LogP) is 4.34. The van der Waals surface area contributed by atoms with Crippen LogP contribution >= 0.6 is 11.3 Å². The summed E-state index contributed by atoms with van der Waals surface area (Å²) in [6.07, 6.45) is 2.55. The zero-order chi connectivity index (χ0) is 18.3. The maximum absolute atomic E-state index is 12.4. The van der Waals surface area contributed by atoms with E-state index < -0.39 is 10.0 Å². The second-order valence-electron chi connectivity index (χ2n) is 6.43. The summed E-state index contributed by atoms with van der Waals surface area (Å²) in [4.78, 5) is 7.64. The quantitative estimate of drug-likeness (QED) is 0.726. The minimum Gasteiger partial charge on any atom is -0.323 e. The van der Waals surface area contributed by atoms with Gasteiger partial charge in [0.1, 0.15) is 10.0 Å². The number of hydrogen-bond acceptors (Lipinski definition) is 5. The summed E-state index contributed by atoms with van der Waals surface area (Å²) in [5, 5.41) is 0. The summed E-state index contributed by atoms with van der Waals surface area (Å²) >= 11 is 1.25. The van der Waals surface area contributed by atoms with Gasteiger partial charge in [0.15, 0.2) is 0 Å². The van der Waals surface area contributed by atoms with Gasteiger partial charge < -0.3 is 4.90 Å². The van der Waals surface area contributed by atoms with Crippen LogP contribution in [-0.2, 0) is 16.4 Å². The third kappa shape index (κ3) is 3.08. The fourth-order valence-corrected chi connectivity index (χ4v) is 5.59. The van der Waals surface area contributed by atoms with Gasteiger partial charge in [0.05, 0.1) is 11.9 Å². The Labute approximate surface area is 157 Å². The molecule has 1 atom stereocenters. The van der Waals surface area contributed by atoms with Gasteiger partial charge in [-0.3, -0.25) is 4.72 Å². The van der Waals surface area contributed by atoms with E-state index in [1.807, 2.05) is 25.1 Å². The van der Waals surface area contributed by atoms with Gasteiger partial charge in [-0.05, 0) is 56.2 Å². The van der Waals surface area contributed by atoms with Crippen molar-refractivity contribution in [3.8, 4) is 0 Å². The molecule has 3 aromatic rings. The molecule has 134 valence electrons. The Kier molecular flexibility index (Phi) is 4.20. The topological polar surface area (TPSA) is 62.3 Å². The second-order valence-corrected chi connectivity index (χ2v) is 9.62. The summed E-state index contributed by atoms with van der Waals surface area (Å²) in [6.45, 7) is 4.05. The molecule has 0 bridgehead atoms. The van der Waals surface area contributed by atoms with Gasteiger partial charge in [-0.2, -0.15) is 0 Å². The molecule has 1 aromatic carbocycles. The van der Waals surface area contributed by atoms with Gasteiger partial charge in [-0.15, -0.1) is 11.3 Å². The minimum absolute atomic E-state index is 0.307. The molecule has 1 aliphatic rings. The van der Waals surface area contributed by atoms with Crippen LogP contribution in [0.1, 0.15) is 17.4 Å². The molecular weight excluding hydrogens is 366 g/mol. The number of nitrogens with one attached hydrogen (secondary N) is 1. The van der Waals surface area contributed by atoms with E-state index in [0.29, 0.717) is 15.9 Å². The van der Waals surface area contributed by atoms with E-state index in [2.05, 4.69) is 33.7 Å². The molecule has 26 heavy (non-hydrogen) atoms. The zero-order valence-corrected chi connectivity index (χ0v) is 16.1. The van der Waals surface area contributed by atoms with E-state index in [-0.39, 0.29) is 0 Å². The second kappa shape index (κ2) is 6.41. The van der Waals surface area contributed by atoms with Crippen molar-refractivity contribution < 1.29 is 8.42 Å². The number of pyridine rings is 1. The van der Waals surface area contributed by atoms with Gasteiger partial charge in [-0.25, -0.2) is 13.4 Å². The largest absolute Gasteiger partial charge is 0.323 e. The number of hydrogen-bond donors (Lipinski definition) is 1. The first-order valence-corrected chi connectivity index (χ1v) is 10.7. The number of fused-ring (bicyclic) bond motifs is 1. The van der Waals surface area contributed by atoms with Crippen molar-refractivity contribution in [2.45, 2.75) is 30.5 Å². The summed E-state index contributed by atoms with van der Waals surface area (Å²) < 4.78 is 27.8. The molecule has 0 spiro atoms. The average Bonchev–Trinajstić information content (AvgIpc) is 3.18. The van der Waals surface area contributed by atoms with Crippen LogP contribution in [-0.4, -0.2) is 19.4 Å². The van der Waals surface area contributed by atoms with Crippen molar-refractivity contribution in [3.05, 3.63) is 65.2 Å².